The van der Waals surface area contributed by atoms with Gasteiger partial charge in [-0.1, -0.05) is 13.2 Å². The molecule has 0 aromatic rings. The van der Waals surface area contributed by atoms with Gasteiger partial charge in [0.15, 0.2) is 0 Å². The maximum absolute atomic E-state index is 3.12. The largest absolute Gasteiger partial charge is 0.137 e. The Bertz CT molecular complexity index is 29.3. The zero-order chi connectivity index (χ0) is 4.71. The monoisotopic (exact) mass is 68.1 g/mol. The Morgan fingerprint density at radius 2 is 1.00 bits per heavy atom. The molecule has 0 heteroatoms. The molecule has 0 amide bonds. The van der Waals surface area contributed by atoms with E-state index in [1.165, 1.54) is 0 Å². The van der Waals surface area contributed by atoms with Crippen LogP contribution in [0.25, 0.3) is 0 Å². The molecule has 0 rings (SSSR count). The molecule has 0 heterocycles. The third-order valence-electron chi connectivity index (χ3n) is 0. The van der Waals surface area contributed by atoms with E-state index >= 15 is 0 Å². The zero-order valence-electron chi connectivity index (χ0n) is 3.33. The van der Waals surface area contributed by atoms with Gasteiger partial charge in [-0.05, 0) is 0 Å². The van der Waals surface area contributed by atoms with Crippen LogP contribution in [0.2, 0.25) is 0 Å². The van der Waals surface area contributed by atoms with Crippen LogP contribution in [0.5, 0.6) is 0 Å². The average Bonchev–Trinajstić information content (AvgIpc) is 1.46. The van der Waals surface area contributed by atoms with Crippen molar-refractivity contribution in [2.45, 2.75) is 0 Å². The van der Waals surface area contributed by atoms with Crippen LogP contribution in [0, 0.1) is 0 Å². The minimum atomic E-state index is 2.25. The van der Waals surface area contributed by atoms with Crippen molar-refractivity contribution >= 4 is 0 Å². The summed E-state index contributed by atoms with van der Waals surface area (Å²) in [7, 11) is 0. The molecule has 0 nitrogen and oxygen atoms in total. The van der Waals surface area contributed by atoms with Crippen LogP contribution in [0.4, 0.5) is 0 Å². The summed E-state index contributed by atoms with van der Waals surface area (Å²) >= 11 is 0. The van der Waals surface area contributed by atoms with Gasteiger partial charge >= 0.3 is 0 Å². The molecular weight excluding hydrogens is 60.1 g/mol. The molecule has 0 spiro atoms. The van der Waals surface area contributed by atoms with Gasteiger partial charge in [-0.25, -0.2) is 0 Å². The molecule has 0 aromatic heterocycles. The molecule has 0 bridgehead atoms. The van der Waals surface area contributed by atoms with E-state index in [1.54, 1.807) is 0 Å². The SMILES string of the molecule is C=C.C=C=C. The molecule has 0 fully saturated rings. The molecule has 0 unspecified atom stereocenters. The molecule has 0 aromatic carbocycles. The molecular formula is C5H8. The van der Waals surface area contributed by atoms with Crippen molar-refractivity contribution in [2.24, 2.45) is 0 Å². The molecule has 0 aliphatic carbocycles. The van der Waals surface area contributed by atoms with Crippen molar-refractivity contribution in [3.8, 4) is 0 Å². The van der Waals surface area contributed by atoms with E-state index in [1.807, 2.05) is 0 Å². The Balaban J connectivity index is 0. The standard InChI is InChI=1S/C3H4.C2H4/c1-3-2;1-2/h1-2H2;1-2H2. The molecule has 0 N–H and O–H groups in total. The first-order chi connectivity index (χ1) is 2.41. The van der Waals surface area contributed by atoms with Crippen molar-refractivity contribution in [1.29, 1.82) is 0 Å². The lowest BCUT2D eigenvalue weighted by molar-refractivity contribution is 2.51. The van der Waals surface area contributed by atoms with E-state index < -0.39 is 0 Å². The van der Waals surface area contributed by atoms with Crippen molar-refractivity contribution in [3.05, 3.63) is 32.0 Å². The third kappa shape index (κ3) is 9.45. The summed E-state index contributed by atoms with van der Waals surface area (Å²) in [6.45, 7) is 12.2. The van der Waals surface area contributed by atoms with Crippen LogP contribution >= 0.6 is 0 Å². The second-order valence-electron chi connectivity index (χ2n) is 0.250. The molecule has 28 valence electrons. The Labute approximate surface area is 33.1 Å². The van der Waals surface area contributed by atoms with E-state index in [0.29, 0.717) is 0 Å². The lowest BCUT2D eigenvalue weighted by Gasteiger charge is -1.10. The highest BCUT2D eigenvalue weighted by molar-refractivity contribution is 4.51. The van der Waals surface area contributed by atoms with Gasteiger partial charge in [0.2, 0.25) is 0 Å². The Morgan fingerprint density at radius 1 is 1.00 bits per heavy atom. The summed E-state index contributed by atoms with van der Waals surface area (Å²) in [6.07, 6.45) is 0. The molecule has 0 atom stereocenters. The van der Waals surface area contributed by atoms with Crippen LogP contribution in [0.1, 0.15) is 0 Å². The number of rotatable bonds is 0. The summed E-state index contributed by atoms with van der Waals surface area (Å²) in [5.74, 6) is 0. The van der Waals surface area contributed by atoms with Gasteiger partial charge in [-0.3, -0.25) is 0 Å². The predicted octanol–water partition coefficient (Wildman–Crippen LogP) is 1.76. The van der Waals surface area contributed by atoms with E-state index in [-0.39, 0.29) is 0 Å². The Morgan fingerprint density at radius 3 is 1.00 bits per heavy atom. The highest BCUT2D eigenvalue weighted by Gasteiger charge is 0.904. The zero-order valence-corrected chi connectivity index (χ0v) is 3.33. The van der Waals surface area contributed by atoms with Crippen LogP contribution in [0.3, 0.4) is 0 Å². The fourth-order valence-corrected chi connectivity index (χ4v) is 0. The van der Waals surface area contributed by atoms with Crippen LogP contribution in [0.15, 0.2) is 32.0 Å². The van der Waals surface area contributed by atoms with Crippen molar-refractivity contribution in [3.63, 3.8) is 0 Å². The second-order valence-corrected chi connectivity index (χ2v) is 0.250. The number of hydrogen-bond donors (Lipinski definition) is 0. The quantitative estimate of drug-likeness (QED) is 0.300. The fraction of sp³-hybridized carbons (Fsp3) is 0. The maximum Gasteiger partial charge on any atom is -0.0572 e. The molecule has 0 saturated carbocycles. The second kappa shape index (κ2) is 246. The summed E-state index contributed by atoms with van der Waals surface area (Å²) in [4.78, 5) is 0. The topological polar surface area (TPSA) is 0 Å². The van der Waals surface area contributed by atoms with Gasteiger partial charge in [-0.2, -0.15) is 0 Å². The summed E-state index contributed by atoms with van der Waals surface area (Å²) in [5.41, 5.74) is 2.25. The minimum absolute atomic E-state index is 2.25. The minimum Gasteiger partial charge on any atom is -0.137 e. The fourth-order valence-electron chi connectivity index (χ4n) is 0. The van der Waals surface area contributed by atoms with E-state index in [0.717, 1.165) is 0 Å². The molecule has 0 saturated heterocycles. The highest BCUT2D eigenvalue weighted by atomic mass is 13.0. The van der Waals surface area contributed by atoms with Crippen molar-refractivity contribution in [1.82, 2.24) is 0 Å². The van der Waals surface area contributed by atoms with E-state index in [9.17, 15) is 0 Å². The van der Waals surface area contributed by atoms with Crippen molar-refractivity contribution in [2.75, 3.05) is 0 Å². The average molecular weight is 68.1 g/mol. The van der Waals surface area contributed by atoms with E-state index in [4.69, 9.17) is 0 Å². The predicted molar refractivity (Wildman–Crippen MR) is 26.0 cm³/mol. The van der Waals surface area contributed by atoms with Gasteiger partial charge in [0, 0.05) is 0 Å². The molecule has 0 aliphatic rings. The van der Waals surface area contributed by atoms with Crippen molar-refractivity contribution < 1.29 is 0 Å². The van der Waals surface area contributed by atoms with Crippen LogP contribution in [-0.2, 0) is 0 Å². The Kier molecular flexibility index (Phi) is 437. The normalized spacial score (nSPS) is 2.40. The van der Waals surface area contributed by atoms with Crippen LogP contribution in [-0.4, -0.2) is 0 Å². The number of hydrogen-bond acceptors (Lipinski definition) is 0. The third-order valence-corrected chi connectivity index (χ3v) is 0. The summed E-state index contributed by atoms with van der Waals surface area (Å²) < 4.78 is 0. The summed E-state index contributed by atoms with van der Waals surface area (Å²) in [5, 5.41) is 0. The molecule has 0 radical (unpaired) electrons. The maximum atomic E-state index is 3.12. The van der Waals surface area contributed by atoms with E-state index in [2.05, 4.69) is 32.0 Å². The molecule has 0 aliphatic heterocycles. The lowest BCUT2D eigenvalue weighted by Crippen LogP contribution is -0.844. The first-order valence-corrected chi connectivity index (χ1v) is 1.21. The van der Waals surface area contributed by atoms with Gasteiger partial charge in [0.1, 0.15) is 0 Å². The van der Waals surface area contributed by atoms with Gasteiger partial charge < -0.3 is 0 Å². The highest BCUT2D eigenvalue weighted by Crippen LogP contribution is 1.16. The first kappa shape index (κ1) is 8.86. The molecule has 5 heavy (non-hydrogen) atoms. The summed E-state index contributed by atoms with van der Waals surface area (Å²) in [6, 6.07) is 0. The Hall–Kier alpha value is -0.740. The first-order valence-electron chi connectivity index (χ1n) is 1.21. The van der Waals surface area contributed by atoms with Gasteiger partial charge in [-0.15, -0.1) is 18.9 Å². The van der Waals surface area contributed by atoms with Crippen LogP contribution < -0.4 is 0 Å². The smallest absolute Gasteiger partial charge is 0.0572 e. The van der Waals surface area contributed by atoms with Gasteiger partial charge in [0.05, 0.1) is 0 Å². The van der Waals surface area contributed by atoms with Gasteiger partial charge in [0.25, 0.3) is 0 Å². The lowest BCUT2D eigenvalue weighted by atomic mass is 11.0.